The summed E-state index contributed by atoms with van der Waals surface area (Å²) in [7, 11) is 0. The first kappa shape index (κ1) is 12.3. The van der Waals surface area contributed by atoms with Gasteiger partial charge in [0.15, 0.2) is 0 Å². The highest BCUT2D eigenvalue weighted by Gasteiger charge is 2.60. The van der Waals surface area contributed by atoms with E-state index in [2.05, 4.69) is 0 Å². The van der Waals surface area contributed by atoms with Crippen LogP contribution in [0.25, 0.3) is 0 Å². The number of aliphatic hydroxyl groups excluding tert-OH is 1. The van der Waals surface area contributed by atoms with Gasteiger partial charge in [-0.3, -0.25) is 4.90 Å². The van der Waals surface area contributed by atoms with Crippen LogP contribution in [0, 0.1) is 17.6 Å². The molecule has 3 unspecified atom stereocenters. The molecule has 2 aliphatic rings. The third kappa shape index (κ3) is 1.87. The van der Waals surface area contributed by atoms with Gasteiger partial charge >= 0.3 is 6.09 Å². The lowest BCUT2D eigenvalue weighted by molar-refractivity contribution is -0.0195. The number of carbonyl (C=O) groups is 1. The highest BCUT2D eigenvalue weighted by Crippen LogP contribution is 2.59. The standard InChI is InChI=1S/C13H13F2NO3/c14-9-1-7(2-10(15)4-9)13-5-8(13)3-11(17)16(6-13)12(18)19/h1-2,4,8,11,17H,3,5-6H2,(H,18,19). The van der Waals surface area contributed by atoms with Crippen LogP contribution in [-0.2, 0) is 5.41 Å². The van der Waals surface area contributed by atoms with Crippen molar-refractivity contribution in [3.05, 3.63) is 35.4 Å². The van der Waals surface area contributed by atoms with Crippen LogP contribution in [0.15, 0.2) is 18.2 Å². The van der Waals surface area contributed by atoms with Gasteiger partial charge in [-0.05, 0) is 36.5 Å². The minimum absolute atomic E-state index is 0.0804. The summed E-state index contributed by atoms with van der Waals surface area (Å²) < 4.78 is 26.6. The fraction of sp³-hybridized carbons (Fsp3) is 0.462. The number of hydrogen-bond donors (Lipinski definition) is 2. The Kier molecular flexibility index (Phi) is 2.53. The van der Waals surface area contributed by atoms with Gasteiger partial charge < -0.3 is 10.2 Å². The molecule has 2 N–H and O–H groups in total. The number of hydrogen-bond acceptors (Lipinski definition) is 2. The minimum Gasteiger partial charge on any atom is -0.465 e. The molecule has 6 heteroatoms. The SMILES string of the molecule is O=C(O)N1CC2(c3cc(F)cc(F)c3)CC2CC1O. The van der Waals surface area contributed by atoms with Gasteiger partial charge in [0.05, 0.1) is 0 Å². The first-order valence-electron chi connectivity index (χ1n) is 6.06. The van der Waals surface area contributed by atoms with Gasteiger partial charge in [-0.2, -0.15) is 0 Å². The zero-order valence-corrected chi connectivity index (χ0v) is 10.0. The fourth-order valence-electron chi connectivity index (χ4n) is 3.16. The third-order valence-corrected chi connectivity index (χ3v) is 4.22. The Morgan fingerprint density at radius 2 is 1.95 bits per heavy atom. The molecule has 2 fully saturated rings. The van der Waals surface area contributed by atoms with Crippen LogP contribution >= 0.6 is 0 Å². The molecule has 1 amide bonds. The molecule has 102 valence electrons. The number of halogens is 2. The van der Waals surface area contributed by atoms with Gasteiger partial charge in [-0.25, -0.2) is 13.6 Å². The number of likely N-dealkylation sites (tertiary alicyclic amines) is 1. The molecular weight excluding hydrogens is 256 g/mol. The second kappa shape index (κ2) is 3.90. The Balaban J connectivity index is 1.95. The van der Waals surface area contributed by atoms with E-state index >= 15 is 0 Å². The van der Waals surface area contributed by atoms with E-state index in [0.717, 1.165) is 11.0 Å². The first-order chi connectivity index (χ1) is 8.92. The maximum atomic E-state index is 13.3. The first-order valence-corrected chi connectivity index (χ1v) is 6.06. The predicted octanol–water partition coefficient (Wildman–Crippen LogP) is 1.92. The molecule has 1 heterocycles. The molecule has 0 bridgehead atoms. The highest BCUT2D eigenvalue weighted by molar-refractivity contribution is 5.66. The van der Waals surface area contributed by atoms with Crippen LogP contribution in [0.4, 0.5) is 13.6 Å². The van der Waals surface area contributed by atoms with Gasteiger partial charge in [0.25, 0.3) is 0 Å². The van der Waals surface area contributed by atoms with E-state index in [4.69, 9.17) is 5.11 Å². The quantitative estimate of drug-likeness (QED) is 0.819. The lowest BCUT2D eigenvalue weighted by Crippen LogP contribution is -2.48. The normalized spacial score (nSPS) is 32.9. The predicted molar refractivity (Wildman–Crippen MR) is 61.5 cm³/mol. The number of nitrogens with zero attached hydrogens (tertiary/aromatic N) is 1. The van der Waals surface area contributed by atoms with E-state index in [1.807, 2.05) is 0 Å². The highest BCUT2D eigenvalue weighted by atomic mass is 19.1. The summed E-state index contributed by atoms with van der Waals surface area (Å²) in [5.74, 6) is -1.25. The van der Waals surface area contributed by atoms with Crippen LogP contribution in [0.1, 0.15) is 18.4 Å². The second-order valence-corrected chi connectivity index (χ2v) is 5.34. The largest absolute Gasteiger partial charge is 0.465 e. The lowest BCUT2D eigenvalue weighted by atomic mass is 9.88. The molecule has 1 saturated heterocycles. The van der Waals surface area contributed by atoms with Crippen molar-refractivity contribution in [2.24, 2.45) is 5.92 Å². The molecule has 1 aromatic rings. The van der Waals surface area contributed by atoms with Crippen molar-refractivity contribution >= 4 is 6.09 Å². The van der Waals surface area contributed by atoms with E-state index in [-0.39, 0.29) is 12.5 Å². The summed E-state index contributed by atoms with van der Waals surface area (Å²) in [5, 5.41) is 18.7. The van der Waals surface area contributed by atoms with Crippen molar-refractivity contribution in [1.29, 1.82) is 0 Å². The average molecular weight is 269 g/mol. The van der Waals surface area contributed by atoms with Crippen LogP contribution < -0.4 is 0 Å². The zero-order valence-electron chi connectivity index (χ0n) is 10.0. The molecule has 1 aliphatic heterocycles. The van der Waals surface area contributed by atoms with Gasteiger partial charge in [-0.1, -0.05) is 0 Å². The summed E-state index contributed by atoms with van der Waals surface area (Å²) >= 11 is 0. The third-order valence-electron chi connectivity index (χ3n) is 4.22. The molecule has 1 aliphatic carbocycles. The number of aliphatic hydroxyl groups is 1. The molecule has 3 rings (SSSR count). The van der Waals surface area contributed by atoms with Crippen molar-refractivity contribution in [3.63, 3.8) is 0 Å². The number of amides is 1. The molecule has 0 radical (unpaired) electrons. The molecule has 3 atom stereocenters. The minimum atomic E-state index is -1.21. The second-order valence-electron chi connectivity index (χ2n) is 5.34. The molecule has 19 heavy (non-hydrogen) atoms. The summed E-state index contributed by atoms with van der Waals surface area (Å²) in [5.41, 5.74) is -0.0613. The molecule has 4 nitrogen and oxygen atoms in total. The van der Waals surface area contributed by atoms with Crippen LogP contribution in [-0.4, -0.2) is 34.0 Å². The summed E-state index contributed by atoms with van der Waals surface area (Å²) in [4.78, 5) is 12.0. The van der Waals surface area contributed by atoms with Crippen molar-refractivity contribution < 1.29 is 23.8 Å². The Morgan fingerprint density at radius 3 is 2.53 bits per heavy atom. The smallest absolute Gasteiger partial charge is 0.409 e. The van der Waals surface area contributed by atoms with E-state index in [1.165, 1.54) is 12.1 Å². The van der Waals surface area contributed by atoms with Crippen molar-refractivity contribution in [2.75, 3.05) is 6.54 Å². The maximum absolute atomic E-state index is 13.3. The number of piperidine rings is 1. The average Bonchev–Trinajstić information content (AvgIpc) is 3.00. The van der Waals surface area contributed by atoms with Crippen molar-refractivity contribution in [1.82, 2.24) is 4.90 Å². The van der Waals surface area contributed by atoms with Gasteiger partial charge in [0.2, 0.25) is 0 Å². The van der Waals surface area contributed by atoms with Crippen LogP contribution in [0.5, 0.6) is 0 Å². The Bertz CT molecular complexity index is 530. The molecular formula is C13H13F2NO3. The van der Waals surface area contributed by atoms with Crippen LogP contribution in [0.2, 0.25) is 0 Å². The molecule has 1 saturated carbocycles. The Hall–Kier alpha value is -1.69. The summed E-state index contributed by atoms with van der Waals surface area (Å²) in [6, 6.07) is 3.30. The summed E-state index contributed by atoms with van der Waals surface area (Å²) in [6.45, 7) is 0.0804. The summed E-state index contributed by atoms with van der Waals surface area (Å²) in [6.07, 6.45) is -1.29. The molecule has 0 spiro atoms. The van der Waals surface area contributed by atoms with Crippen molar-refractivity contribution in [3.8, 4) is 0 Å². The molecule has 1 aromatic carbocycles. The fourth-order valence-corrected chi connectivity index (χ4v) is 3.16. The number of carboxylic acid groups (broad SMARTS) is 1. The number of rotatable bonds is 1. The zero-order chi connectivity index (χ0) is 13.8. The monoisotopic (exact) mass is 269 g/mol. The molecule has 0 aromatic heterocycles. The van der Waals surface area contributed by atoms with E-state index in [9.17, 15) is 18.7 Å². The van der Waals surface area contributed by atoms with Gasteiger partial charge in [-0.15, -0.1) is 0 Å². The lowest BCUT2D eigenvalue weighted by Gasteiger charge is -2.35. The topological polar surface area (TPSA) is 60.8 Å². The van der Waals surface area contributed by atoms with Gasteiger partial charge in [0.1, 0.15) is 17.9 Å². The Labute approximate surface area is 108 Å². The number of fused-ring (bicyclic) bond motifs is 1. The van der Waals surface area contributed by atoms with Crippen LogP contribution in [0.3, 0.4) is 0 Å². The van der Waals surface area contributed by atoms with E-state index in [0.29, 0.717) is 18.4 Å². The van der Waals surface area contributed by atoms with E-state index in [1.54, 1.807) is 0 Å². The van der Waals surface area contributed by atoms with Crippen molar-refractivity contribution in [2.45, 2.75) is 24.5 Å². The maximum Gasteiger partial charge on any atom is 0.409 e. The Morgan fingerprint density at radius 1 is 1.32 bits per heavy atom. The van der Waals surface area contributed by atoms with Gasteiger partial charge in [0, 0.05) is 18.0 Å². The van der Waals surface area contributed by atoms with E-state index < -0.39 is 29.4 Å². The number of benzene rings is 1.